The van der Waals surface area contributed by atoms with Crippen molar-refractivity contribution in [3.05, 3.63) is 94.6 Å². The number of allylic oxidation sites excluding steroid dienone is 1. The average molecular weight is 496 g/mol. The van der Waals surface area contributed by atoms with Crippen LogP contribution in [0.2, 0.25) is 0 Å². The second kappa shape index (κ2) is 10.6. The zero-order chi connectivity index (χ0) is 25.9. The number of carbonyl (C=O) groups excluding carboxylic acids is 1. The summed E-state index contributed by atoms with van der Waals surface area (Å²) in [6.07, 6.45) is 5.00. The van der Waals surface area contributed by atoms with Crippen LogP contribution in [0.15, 0.2) is 71.7 Å². The number of hydrogen-bond donors (Lipinski definition) is 1. The van der Waals surface area contributed by atoms with Crippen LogP contribution < -0.4 is 14.8 Å². The number of benzene rings is 3. The molecule has 6 nitrogen and oxygen atoms in total. The van der Waals surface area contributed by atoms with Gasteiger partial charge in [-0.2, -0.15) is 0 Å². The molecule has 3 aromatic carbocycles. The molecule has 2 unspecified atom stereocenters. The van der Waals surface area contributed by atoms with E-state index in [9.17, 15) is 4.79 Å². The maximum absolute atomic E-state index is 12.8. The predicted octanol–water partition coefficient (Wildman–Crippen LogP) is 5.63. The van der Waals surface area contributed by atoms with Crippen molar-refractivity contribution in [1.82, 2.24) is 4.90 Å². The number of amides is 1. The normalized spacial score (nSPS) is 19.1. The van der Waals surface area contributed by atoms with Gasteiger partial charge in [0.2, 0.25) is 0 Å². The number of methoxy groups -OCH3 is 2. The summed E-state index contributed by atoms with van der Waals surface area (Å²) in [6.45, 7) is 3.97. The van der Waals surface area contributed by atoms with Crippen LogP contribution in [-0.4, -0.2) is 56.9 Å². The minimum absolute atomic E-state index is 0.133. The summed E-state index contributed by atoms with van der Waals surface area (Å²) in [5.41, 5.74) is 6.73. The molecule has 0 spiro atoms. The van der Waals surface area contributed by atoms with Crippen LogP contribution in [-0.2, 0) is 0 Å². The Morgan fingerprint density at radius 1 is 1.03 bits per heavy atom. The van der Waals surface area contributed by atoms with Gasteiger partial charge in [-0.25, -0.2) is 0 Å². The highest BCUT2D eigenvalue weighted by Gasteiger charge is 2.36. The van der Waals surface area contributed by atoms with Crippen LogP contribution in [0, 0.1) is 0 Å². The molecule has 0 radical (unpaired) electrons. The summed E-state index contributed by atoms with van der Waals surface area (Å²) >= 11 is 0. The molecule has 2 aliphatic rings. The summed E-state index contributed by atoms with van der Waals surface area (Å²) in [5, 5.41) is 3.00. The summed E-state index contributed by atoms with van der Waals surface area (Å²) < 4.78 is 11.3. The van der Waals surface area contributed by atoms with Crippen molar-refractivity contribution in [2.45, 2.75) is 25.3 Å². The summed E-state index contributed by atoms with van der Waals surface area (Å²) in [4.78, 5) is 20.4. The van der Waals surface area contributed by atoms with Crippen LogP contribution >= 0.6 is 0 Å². The van der Waals surface area contributed by atoms with Gasteiger partial charge in [0.05, 0.1) is 26.0 Å². The second-order valence-corrected chi connectivity index (χ2v) is 9.65. The Bertz CT molecular complexity index is 1340. The number of carbonyl (C=O) groups is 1. The standard InChI is InChI=1S/C31H33N3O3/c1-5-6-20-7-9-22(10-8-20)31(35)32-23-13-11-21(12-14-23)30-25-18-29(37-4)28(36-3)17-24(25)26-19-34(2)16-15-27(26)33-30/h5-14,17-18,26-27H,15-16,19H2,1-4H3,(H,32,35)/b6-5-. The minimum Gasteiger partial charge on any atom is -0.493 e. The summed E-state index contributed by atoms with van der Waals surface area (Å²) in [6, 6.07) is 19.9. The van der Waals surface area contributed by atoms with Crippen molar-refractivity contribution in [3.63, 3.8) is 0 Å². The molecule has 0 saturated carbocycles. The highest BCUT2D eigenvalue weighted by molar-refractivity contribution is 6.15. The first-order valence-electron chi connectivity index (χ1n) is 12.7. The molecule has 1 amide bonds. The number of hydrogen-bond acceptors (Lipinski definition) is 5. The van der Waals surface area contributed by atoms with Gasteiger partial charge >= 0.3 is 0 Å². The van der Waals surface area contributed by atoms with Crippen LogP contribution in [0.4, 0.5) is 5.69 Å². The fourth-order valence-corrected chi connectivity index (χ4v) is 5.29. The molecule has 5 rings (SSSR count). The van der Waals surface area contributed by atoms with E-state index >= 15 is 0 Å². The number of ether oxygens (including phenoxy) is 2. The van der Waals surface area contributed by atoms with Crippen molar-refractivity contribution >= 4 is 23.4 Å². The Hall–Kier alpha value is -3.90. The first-order valence-corrected chi connectivity index (χ1v) is 12.7. The van der Waals surface area contributed by atoms with Crippen molar-refractivity contribution in [3.8, 4) is 11.5 Å². The molecular formula is C31H33N3O3. The number of aliphatic imine (C=N–C) groups is 1. The number of anilines is 1. The van der Waals surface area contributed by atoms with Gasteiger partial charge in [0.25, 0.3) is 5.91 Å². The first-order chi connectivity index (χ1) is 18.0. The Labute approximate surface area is 218 Å². The van der Waals surface area contributed by atoms with E-state index in [-0.39, 0.29) is 11.9 Å². The van der Waals surface area contributed by atoms with E-state index in [0.29, 0.717) is 17.2 Å². The van der Waals surface area contributed by atoms with Crippen molar-refractivity contribution in [1.29, 1.82) is 0 Å². The SMILES string of the molecule is C/C=C\c1ccc(C(=O)Nc2ccc(C3=NC4CCN(C)CC4c4cc(OC)c(OC)cc43)cc2)cc1. The molecule has 0 bridgehead atoms. The maximum atomic E-state index is 12.8. The Balaban J connectivity index is 1.43. The van der Waals surface area contributed by atoms with Gasteiger partial charge in [-0.15, -0.1) is 0 Å². The fourth-order valence-electron chi connectivity index (χ4n) is 5.29. The van der Waals surface area contributed by atoms with Crippen molar-refractivity contribution in [2.24, 2.45) is 4.99 Å². The number of piperidine rings is 1. The van der Waals surface area contributed by atoms with E-state index in [1.54, 1.807) is 14.2 Å². The largest absolute Gasteiger partial charge is 0.493 e. The molecule has 1 N–H and O–H groups in total. The van der Waals surface area contributed by atoms with Crippen LogP contribution in [0.5, 0.6) is 11.5 Å². The Kier molecular flexibility index (Phi) is 7.10. The van der Waals surface area contributed by atoms with E-state index < -0.39 is 0 Å². The topological polar surface area (TPSA) is 63.2 Å². The second-order valence-electron chi connectivity index (χ2n) is 9.65. The third kappa shape index (κ3) is 5.02. The maximum Gasteiger partial charge on any atom is 0.255 e. The molecule has 1 saturated heterocycles. The molecule has 0 aliphatic carbocycles. The van der Waals surface area contributed by atoms with E-state index in [4.69, 9.17) is 14.5 Å². The minimum atomic E-state index is -0.133. The van der Waals surface area contributed by atoms with Gasteiger partial charge in [0.15, 0.2) is 11.5 Å². The molecular weight excluding hydrogens is 462 g/mol. The van der Waals surface area contributed by atoms with Crippen LogP contribution in [0.3, 0.4) is 0 Å². The van der Waals surface area contributed by atoms with Gasteiger partial charge in [-0.3, -0.25) is 9.79 Å². The van der Waals surface area contributed by atoms with E-state index in [2.05, 4.69) is 23.3 Å². The molecule has 37 heavy (non-hydrogen) atoms. The lowest BCUT2D eigenvalue weighted by atomic mass is 9.79. The zero-order valence-corrected chi connectivity index (χ0v) is 21.8. The van der Waals surface area contributed by atoms with Crippen molar-refractivity contribution in [2.75, 3.05) is 39.7 Å². The molecule has 2 heterocycles. The first kappa shape index (κ1) is 24.8. The van der Waals surface area contributed by atoms with E-state index in [1.807, 2.05) is 73.7 Å². The zero-order valence-electron chi connectivity index (χ0n) is 21.8. The lowest BCUT2D eigenvalue weighted by Gasteiger charge is -2.39. The highest BCUT2D eigenvalue weighted by Crippen LogP contribution is 2.42. The molecule has 0 aromatic heterocycles. The summed E-state index contributed by atoms with van der Waals surface area (Å²) in [5.74, 6) is 1.62. The third-order valence-electron chi connectivity index (χ3n) is 7.23. The smallest absolute Gasteiger partial charge is 0.255 e. The number of rotatable bonds is 6. The lowest BCUT2D eigenvalue weighted by molar-refractivity contribution is 0.102. The lowest BCUT2D eigenvalue weighted by Crippen LogP contribution is -2.41. The number of nitrogens with zero attached hydrogens (tertiary/aromatic N) is 2. The molecule has 190 valence electrons. The average Bonchev–Trinajstić information content (AvgIpc) is 2.93. The van der Waals surface area contributed by atoms with Gasteiger partial charge in [-0.05, 0) is 74.5 Å². The predicted molar refractivity (Wildman–Crippen MR) is 149 cm³/mol. The molecule has 3 aromatic rings. The summed E-state index contributed by atoms with van der Waals surface area (Å²) in [7, 11) is 5.50. The fraction of sp³-hybridized carbons (Fsp3) is 0.290. The molecule has 2 atom stereocenters. The molecule has 2 aliphatic heterocycles. The van der Waals surface area contributed by atoms with Gasteiger partial charge < -0.3 is 19.7 Å². The van der Waals surface area contributed by atoms with Gasteiger partial charge in [0.1, 0.15) is 0 Å². The number of nitrogens with one attached hydrogen (secondary N) is 1. The molecule has 6 heteroatoms. The number of likely N-dealkylation sites (tertiary alicyclic amines) is 1. The highest BCUT2D eigenvalue weighted by atomic mass is 16.5. The van der Waals surface area contributed by atoms with Crippen molar-refractivity contribution < 1.29 is 14.3 Å². The van der Waals surface area contributed by atoms with Gasteiger partial charge in [-0.1, -0.05) is 36.4 Å². The van der Waals surface area contributed by atoms with E-state index in [0.717, 1.165) is 53.3 Å². The monoisotopic (exact) mass is 495 g/mol. The Morgan fingerprint density at radius 2 is 1.73 bits per heavy atom. The third-order valence-corrected chi connectivity index (χ3v) is 7.23. The van der Waals surface area contributed by atoms with Crippen LogP contribution in [0.1, 0.15) is 51.9 Å². The van der Waals surface area contributed by atoms with Gasteiger partial charge in [0, 0.05) is 34.8 Å². The number of likely N-dealkylation sites (N-methyl/N-ethyl adjacent to an activating group) is 1. The van der Waals surface area contributed by atoms with E-state index in [1.165, 1.54) is 5.56 Å². The number of fused-ring (bicyclic) bond motifs is 3. The van der Waals surface area contributed by atoms with Crippen LogP contribution in [0.25, 0.3) is 6.08 Å². The molecule has 1 fully saturated rings. The Morgan fingerprint density at radius 3 is 2.41 bits per heavy atom. The quantitative estimate of drug-likeness (QED) is 0.482.